The van der Waals surface area contributed by atoms with Crippen molar-refractivity contribution in [1.82, 2.24) is 10.6 Å². The fourth-order valence-corrected chi connectivity index (χ4v) is 2.32. The van der Waals surface area contributed by atoms with Gasteiger partial charge in [0.05, 0.1) is 6.61 Å². The maximum absolute atomic E-state index is 11.2. The first-order valence-corrected chi connectivity index (χ1v) is 8.88. The fourth-order valence-electron chi connectivity index (χ4n) is 2.20. The van der Waals surface area contributed by atoms with E-state index in [-0.39, 0.29) is 5.97 Å². The second kappa shape index (κ2) is 12.6. The van der Waals surface area contributed by atoms with E-state index in [1.54, 1.807) is 7.05 Å². The van der Waals surface area contributed by atoms with E-state index in [1.807, 2.05) is 31.2 Å². The normalized spacial score (nSPS) is 11.2. The number of aliphatic imine (C=N–C) groups is 1. The highest BCUT2D eigenvalue weighted by Crippen LogP contribution is 2.09. The van der Waals surface area contributed by atoms with Crippen LogP contribution in [0.15, 0.2) is 29.3 Å². The second-order valence-electron chi connectivity index (χ2n) is 5.45. The molecule has 0 aliphatic heterocycles. The van der Waals surface area contributed by atoms with Crippen LogP contribution in [0, 0.1) is 0 Å². The number of nitrogens with one attached hydrogen (secondary N) is 2. The van der Waals surface area contributed by atoms with Gasteiger partial charge < -0.3 is 15.4 Å². The zero-order valence-electron chi connectivity index (χ0n) is 14.6. The topological polar surface area (TPSA) is 62.7 Å². The molecule has 1 aromatic rings. The summed E-state index contributed by atoms with van der Waals surface area (Å²) in [6.45, 7) is 3.86. The van der Waals surface area contributed by atoms with E-state index in [0.29, 0.717) is 19.6 Å². The van der Waals surface area contributed by atoms with Crippen LogP contribution in [0.3, 0.4) is 0 Å². The molecule has 134 valence electrons. The van der Waals surface area contributed by atoms with E-state index < -0.39 is 0 Å². The number of carbonyl (C=O) groups excluding carboxylic acids is 1. The zero-order valence-corrected chi connectivity index (χ0v) is 15.4. The lowest BCUT2D eigenvalue weighted by molar-refractivity contribution is -0.143. The van der Waals surface area contributed by atoms with Crippen LogP contribution in [0.25, 0.3) is 0 Å². The first-order valence-electron chi connectivity index (χ1n) is 8.50. The number of esters is 1. The molecule has 0 spiro atoms. The Balaban J connectivity index is 2.08. The van der Waals surface area contributed by atoms with Gasteiger partial charge in [-0.3, -0.25) is 9.79 Å². The van der Waals surface area contributed by atoms with Gasteiger partial charge in [0.15, 0.2) is 5.96 Å². The summed E-state index contributed by atoms with van der Waals surface area (Å²) in [5.41, 5.74) is 1.15. The summed E-state index contributed by atoms with van der Waals surface area (Å²) in [6, 6.07) is 7.74. The minimum absolute atomic E-state index is 0.0950. The maximum atomic E-state index is 11.2. The summed E-state index contributed by atoms with van der Waals surface area (Å²) in [6.07, 6.45) is 4.58. The molecule has 0 unspecified atom stereocenters. The zero-order chi connectivity index (χ0) is 17.6. The number of halogens is 1. The van der Waals surface area contributed by atoms with Crippen molar-refractivity contribution in [3.05, 3.63) is 34.9 Å². The molecule has 0 aromatic heterocycles. The Labute approximate surface area is 149 Å². The number of carbonyl (C=O) groups is 1. The summed E-state index contributed by atoms with van der Waals surface area (Å²) in [4.78, 5) is 15.4. The van der Waals surface area contributed by atoms with E-state index in [2.05, 4.69) is 15.6 Å². The van der Waals surface area contributed by atoms with E-state index in [1.165, 1.54) is 0 Å². The Morgan fingerprint density at radius 2 is 1.83 bits per heavy atom. The van der Waals surface area contributed by atoms with Gasteiger partial charge >= 0.3 is 5.97 Å². The van der Waals surface area contributed by atoms with E-state index in [4.69, 9.17) is 16.3 Å². The monoisotopic (exact) mass is 353 g/mol. The lowest BCUT2D eigenvalue weighted by Crippen LogP contribution is -2.37. The van der Waals surface area contributed by atoms with Crippen LogP contribution in [0.2, 0.25) is 5.02 Å². The molecule has 0 fully saturated rings. The third-order valence-corrected chi connectivity index (χ3v) is 3.75. The number of unbranched alkanes of at least 4 members (excludes halogenated alkanes) is 3. The molecule has 0 bridgehead atoms. The van der Waals surface area contributed by atoms with Gasteiger partial charge in [-0.15, -0.1) is 0 Å². The van der Waals surface area contributed by atoms with Crippen LogP contribution >= 0.6 is 11.6 Å². The Hall–Kier alpha value is -1.75. The molecule has 24 heavy (non-hydrogen) atoms. The highest BCUT2D eigenvalue weighted by Gasteiger charge is 2.01. The summed E-state index contributed by atoms with van der Waals surface area (Å²) in [5.74, 6) is 0.693. The summed E-state index contributed by atoms with van der Waals surface area (Å²) in [7, 11) is 1.76. The maximum Gasteiger partial charge on any atom is 0.305 e. The summed E-state index contributed by atoms with van der Waals surface area (Å²) in [5, 5.41) is 7.30. The van der Waals surface area contributed by atoms with Crippen LogP contribution in [0.5, 0.6) is 0 Å². The number of hydrogen-bond donors (Lipinski definition) is 2. The van der Waals surface area contributed by atoms with Crippen LogP contribution < -0.4 is 10.6 Å². The van der Waals surface area contributed by atoms with Gasteiger partial charge in [0.1, 0.15) is 0 Å². The minimum Gasteiger partial charge on any atom is -0.466 e. The molecule has 5 nitrogen and oxygen atoms in total. The second-order valence-corrected chi connectivity index (χ2v) is 5.88. The standard InChI is InChI=1S/C18H28ClN3O2/c1-3-24-17(23)8-6-4-5-7-13-21-18(20-2)22-14-15-9-11-16(19)12-10-15/h9-12H,3-8,13-14H2,1-2H3,(H2,20,21,22). The largest absolute Gasteiger partial charge is 0.466 e. The molecule has 1 aromatic carbocycles. The van der Waals surface area contributed by atoms with Crippen molar-refractivity contribution in [3.63, 3.8) is 0 Å². The van der Waals surface area contributed by atoms with Crippen molar-refractivity contribution >= 4 is 23.5 Å². The number of guanidine groups is 1. The van der Waals surface area contributed by atoms with Crippen molar-refractivity contribution < 1.29 is 9.53 Å². The molecular formula is C18H28ClN3O2. The number of ether oxygens (including phenoxy) is 1. The number of nitrogens with zero attached hydrogens (tertiary/aromatic N) is 1. The highest BCUT2D eigenvalue weighted by molar-refractivity contribution is 6.30. The molecular weight excluding hydrogens is 326 g/mol. The number of hydrogen-bond acceptors (Lipinski definition) is 3. The van der Waals surface area contributed by atoms with Crippen LogP contribution in [0.4, 0.5) is 0 Å². The third-order valence-electron chi connectivity index (χ3n) is 3.50. The number of rotatable bonds is 10. The van der Waals surface area contributed by atoms with Gasteiger partial charge in [-0.1, -0.05) is 36.6 Å². The summed E-state index contributed by atoms with van der Waals surface area (Å²) < 4.78 is 4.90. The molecule has 0 aliphatic carbocycles. The SMILES string of the molecule is CCOC(=O)CCCCCCNC(=NC)NCc1ccc(Cl)cc1. The Bertz CT molecular complexity index is 503. The molecule has 0 saturated carbocycles. The molecule has 6 heteroatoms. The predicted octanol–water partition coefficient (Wildman–Crippen LogP) is 3.52. The van der Waals surface area contributed by atoms with Crippen LogP contribution in [-0.2, 0) is 16.1 Å². The minimum atomic E-state index is -0.0950. The molecule has 0 saturated heterocycles. The first-order chi connectivity index (χ1) is 11.7. The predicted molar refractivity (Wildman–Crippen MR) is 99.4 cm³/mol. The lowest BCUT2D eigenvalue weighted by atomic mass is 10.1. The van der Waals surface area contributed by atoms with Crippen molar-refractivity contribution in [3.8, 4) is 0 Å². The smallest absolute Gasteiger partial charge is 0.305 e. The number of benzene rings is 1. The Morgan fingerprint density at radius 1 is 1.12 bits per heavy atom. The van der Waals surface area contributed by atoms with Gasteiger partial charge in [0.2, 0.25) is 0 Å². The molecule has 0 heterocycles. The van der Waals surface area contributed by atoms with Gasteiger partial charge in [-0.05, 0) is 37.5 Å². The van der Waals surface area contributed by atoms with Gasteiger partial charge in [-0.25, -0.2) is 0 Å². The lowest BCUT2D eigenvalue weighted by Gasteiger charge is -2.12. The molecule has 0 amide bonds. The van der Waals surface area contributed by atoms with Crippen molar-refractivity contribution in [2.45, 2.75) is 45.6 Å². The van der Waals surface area contributed by atoms with Gasteiger partial charge in [-0.2, -0.15) is 0 Å². The van der Waals surface area contributed by atoms with Crippen molar-refractivity contribution in [1.29, 1.82) is 0 Å². The molecule has 2 N–H and O–H groups in total. The molecule has 0 radical (unpaired) electrons. The molecule has 0 aliphatic rings. The van der Waals surface area contributed by atoms with E-state index in [0.717, 1.165) is 48.8 Å². The first kappa shape index (κ1) is 20.3. The fraction of sp³-hybridized carbons (Fsp3) is 0.556. The van der Waals surface area contributed by atoms with Crippen molar-refractivity contribution in [2.24, 2.45) is 4.99 Å². The Kier molecular flexibility index (Phi) is 10.7. The Morgan fingerprint density at radius 3 is 2.50 bits per heavy atom. The molecule has 0 atom stereocenters. The van der Waals surface area contributed by atoms with Crippen LogP contribution in [-0.4, -0.2) is 32.1 Å². The summed E-state index contributed by atoms with van der Waals surface area (Å²) >= 11 is 5.87. The van der Waals surface area contributed by atoms with Crippen LogP contribution in [0.1, 0.15) is 44.6 Å². The van der Waals surface area contributed by atoms with E-state index >= 15 is 0 Å². The van der Waals surface area contributed by atoms with Crippen molar-refractivity contribution in [2.75, 3.05) is 20.2 Å². The van der Waals surface area contributed by atoms with Gasteiger partial charge in [0.25, 0.3) is 0 Å². The average molecular weight is 354 g/mol. The third kappa shape index (κ3) is 9.40. The quantitative estimate of drug-likeness (QED) is 0.292. The molecule has 1 rings (SSSR count). The van der Waals surface area contributed by atoms with Gasteiger partial charge in [0, 0.05) is 31.6 Å². The van der Waals surface area contributed by atoms with E-state index in [9.17, 15) is 4.79 Å². The highest BCUT2D eigenvalue weighted by atomic mass is 35.5. The average Bonchev–Trinajstić information content (AvgIpc) is 2.58.